The van der Waals surface area contributed by atoms with Crippen molar-refractivity contribution in [2.45, 2.75) is 64.6 Å². The number of nitrogens with one attached hydrogen (secondary N) is 2. The molecule has 0 radical (unpaired) electrons. The molecule has 0 spiro atoms. The fourth-order valence-electron chi connectivity index (χ4n) is 4.01. The summed E-state index contributed by atoms with van der Waals surface area (Å²) in [4.78, 5) is 11.2. The molecule has 32 heavy (non-hydrogen) atoms. The highest BCUT2D eigenvalue weighted by Crippen LogP contribution is 2.31. The zero-order valence-corrected chi connectivity index (χ0v) is 18.9. The Morgan fingerprint density at radius 1 is 1.34 bits per heavy atom. The Bertz CT molecular complexity index is 919. The molecule has 7 nitrogen and oxygen atoms in total. The van der Waals surface area contributed by atoms with Gasteiger partial charge in [-0.3, -0.25) is 4.90 Å². The van der Waals surface area contributed by atoms with Gasteiger partial charge >= 0.3 is 0 Å². The highest BCUT2D eigenvalue weighted by atomic mass is 19.1. The average Bonchev–Trinajstić information content (AvgIpc) is 3.07. The van der Waals surface area contributed by atoms with Crippen molar-refractivity contribution in [2.24, 2.45) is 15.7 Å². The van der Waals surface area contributed by atoms with E-state index in [1.807, 2.05) is 25.7 Å². The van der Waals surface area contributed by atoms with Crippen molar-refractivity contribution in [2.75, 3.05) is 11.9 Å². The van der Waals surface area contributed by atoms with E-state index < -0.39 is 11.6 Å². The molecular formula is C23H32F2N6O. The number of halogens is 2. The van der Waals surface area contributed by atoms with Crippen molar-refractivity contribution in [3.05, 3.63) is 54.1 Å². The predicted octanol–water partition coefficient (Wildman–Crippen LogP) is 4.06. The Labute approximate surface area is 188 Å². The first-order valence-electron chi connectivity index (χ1n) is 11.0. The molecule has 1 heterocycles. The van der Waals surface area contributed by atoms with Gasteiger partial charge in [-0.25, -0.2) is 18.8 Å². The van der Waals surface area contributed by atoms with Crippen molar-refractivity contribution in [1.29, 1.82) is 0 Å². The molecule has 3 rings (SSSR count). The summed E-state index contributed by atoms with van der Waals surface area (Å²) in [7, 11) is 0. The van der Waals surface area contributed by atoms with Crippen LogP contribution in [0.25, 0.3) is 0 Å². The van der Waals surface area contributed by atoms with Crippen molar-refractivity contribution >= 4 is 17.5 Å². The van der Waals surface area contributed by atoms with E-state index in [9.17, 15) is 8.78 Å². The second-order valence-electron chi connectivity index (χ2n) is 8.17. The molecule has 1 fully saturated rings. The average molecular weight is 447 g/mol. The van der Waals surface area contributed by atoms with Crippen LogP contribution in [-0.2, 0) is 4.74 Å². The van der Waals surface area contributed by atoms with E-state index in [4.69, 9.17) is 10.5 Å². The summed E-state index contributed by atoms with van der Waals surface area (Å²) in [5.41, 5.74) is 6.43. The van der Waals surface area contributed by atoms with Crippen molar-refractivity contribution < 1.29 is 13.5 Å². The lowest BCUT2D eigenvalue weighted by molar-refractivity contribution is 0.0268. The molecule has 9 heteroatoms. The Balaban J connectivity index is 1.92. The Morgan fingerprint density at radius 3 is 2.66 bits per heavy atom. The van der Waals surface area contributed by atoms with Crippen LogP contribution in [-0.4, -0.2) is 41.5 Å². The van der Waals surface area contributed by atoms with E-state index in [0.717, 1.165) is 31.7 Å². The molecule has 1 saturated carbocycles. The number of hydrogen-bond acceptors (Lipinski definition) is 6. The summed E-state index contributed by atoms with van der Waals surface area (Å²) in [6.45, 7) is 10.7. The number of anilines is 1. The lowest BCUT2D eigenvalue weighted by Crippen LogP contribution is -2.47. The minimum Gasteiger partial charge on any atom is -0.403 e. The van der Waals surface area contributed by atoms with Gasteiger partial charge in [-0.1, -0.05) is 6.58 Å². The van der Waals surface area contributed by atoms with Crippen LogP contribution in [0.3, 0.4) is 0 Å². The second-order valence-corrected chi connectivity index (χ2v) is 8.17. The second kappa shape index (κ2) is 10.6. The van der Waals surface area contributed by atoms with Gasteiger partial charge in [0.2, 0.25) is 5.96 Å². The summed E-state index contributed by atoms with van der Waals surface area (Å²) >= 11 is 0. The predicted molar refractivity (Wildman–Crippen MR) is 124 cm³/mol. The molecule has 1 aromatic rings. The van der Waals surface area contributed by atoms with Crippen LogP contribution >= 0.6 is 0 Å². The number of benzene rings is 1. The summed E-state index contributed by atoms with van der Waals surface area (Å²) in [6.07, 6.45) is 5.08. The van der Waals surface area contributed by atoms with Crippen LogP contribution in [0.4, 0.5) is 14.5 Å². The molecule has 1 aliphatic heterocycles. The number of rotatable bonds is 7. The van der Waals surface area contributed by atoms with Gasteiger partial charge < -0.3 is 21.1 Å². The molecule has 0 aromatic heterocycles. The van der Waals surface area contributed by atoms with Gasteiger partial charge in [-0.05, 0) is 58.6 Å². The number of hydrogen-bond donors (Lipinski definition) is 3. The van der Waals surface area contributed by atoms with Crippen LogP contribution in [0.5, 0.6) is 0 Å². The summed E-state index contributed by atoms with van der Waals surface area (Å²) < 4.78 is 33.5. The Kier molecular flexibility index (Phi) is 7.84. The molecular weight excluding hydrogens is 414 g/mol. The fraction of sp³-hybridized carbons (Fsp3) is 0.478. The molecule has 4 N–H and O–H groups in total. The molecule has 0 saturated heterocycles. The monoisotopic (exact) mass is 446 g/mol. The van der Waals surface area contributed by atoms with Gasteiger partial charge in [-0.15, -0.1) is 0 Å². The number of amidine groups is 1. The first kappa shape index (κ1) is 23.7. The van der Waals surface area contributed by atoms with Crippen LogP contribution in [0.15, 0.2) is 52.5 Å². The summed E-state index contributed by atoms with van der Waals surface area (Å²) in [5.74, 6) is 0.0566. The number of guanidine groups is 1. The highest BCUT2D eigenvalue weighted by Gasteiger charge is 2.37. The minimum atomic E-state index is -0.706. The molecule has 0 bridgehead atoms. The molecule has 2 aliphatic rings. The van der Waals surface area contributed by atoms with E-state index in [1.54, 1.807) is 0 Å². The van der Waals surface area contributed by atoms with Gasteiger partial charge in [0, 0.05) is 31.0 Å². The fourth-order valence-corrected chi connectivity index (χ4v) is 4.01. The quantitative estimate of drug-likeness (QED) is 0.588. The highest BCUT2D eigenvalue weighted by molar-refractivity contribution is 6.18. The first-order chi connectivity index (χ1) is 15.3. The van der Waals surface area contributed by atoms with Crippen molar-refractivity contribution in [3.63, 3.8) is 0 Å². The normalized spacial score (nSPS) is 23.7. The van der Waals surface area contributed by atoms with Gasteiger partial charge in [-0.2, -0.15) is 0 Å². The molecule has 174 valence electrons. The van der Waals surface area contributed by atoms with Crippen molar-refractivity contribution in [1.82, 2.24) is 10.2 Å². The maximum atomic E-state index is 14.4. The SMILES string of the molecule is C=C(/N=C1\C(=C/N)N=C(Nc2ccc(F)cc2F)N1[C@H]1CC[C@@H](OCC)CC1)NC(C)C. The smallest absolute Gasteiger partial charge is 0.210 e. The van der Waals surface area contributed by atoms with Gasteiger partial charge in [0.25, 0.3) is 0 Å². The third kappa shape index (κ3) is 5.64. The lowest BCUT2D eigenvalue weighted by Gasteiger charge is -2.36. The maximum absolute atomic E-state index is 14.4. The zero-order chi connectivity index (χ0) is 23.3. The third-order valence-corrected chi connectivity index (χ3v) is 5.35. The van der Waals surface area contributed by atoms with E-state index in [0.29, 0.717) is 29.9 Å². The van der Waals surface area contributed by atoms with Crippen LogP contribution in [0, 0.1) is 11.6 Å². The number of nitrogens with zero attached hydrogens (tertiary/aromatic N) is 3. The van der Waals surface area contributed by atoms with E-state index in [-0.39, 0.29) is 23.9 Å². The Hall–Kier alpha value is -2.94. The number of nitrogens with two attached hydrogens (primary N) is 1. The van der Waals surface area contributed by atoms with Gasteiger partial charge in [0.1, 0.15) is 23.2 Å². The molecule has 1 aliphatic carbocycles. The van der Waals surface area contributed by atoms with Crippen LogP contribution in [0.2, 0.25) is 0 Å². The van der Waals surface area contributed by atoms with E-state index in [2.05, 4.69) is 27.2 Å². The molecule has 0 unspecified atom stereocenters. The number of aliphatic imine (C=N–C) groups is 2. The number of ether oxygens (including phenoxy) is 1. The maximum Gasteiger partial charge on any atom is 0.210 e. The largest absolute Gasteiger partial charge is 0.403 e. The minimum absolute atomic E-state index is 0.0597. The third-order valence-electron chi connectivity index (χ3n) is 5.35. The lowest BCUT2D eigenvalue weighted by atomic mass is 9.91. The van der Waals surface area contributed by atoms with E-state index in [1.165, 1.54) is 18.3 Å². The molecule has 0 atom stereocenters. The molecule has 0 amide bonds. The topological polar surface area (TPSA) is 87.3 Å². The van der Waals surface area contributed by atoms with E-state index >= 15 is 0 Å². The Morgan fingerprint density at radius 2 is 2.06 bits per heavy atom. The van der Waals surface area contributed by atoms with Crippen LogP contribution in [0.1, 0.15) is 46.5 Å². The summed E-state index contributed by atoms with van der Waals surface area (Å²) in [5, 5.41) is 6.18. The molecule has 1 aromatic carbocycles. The standard InChI is InChI=1S/C23H32F2N6O/c1-5-32-18-9-7-17(8-10-18)31-22(28-15(4)27-14(2)3)21(13-26)30-23(31)29-20-11-6-16(24)12-19(20)25/h6,11-14,17-18,27H,4-5,7-10,26H2,1-3H3,(H,29,30)/b21-13+,28-22+/t17-,18+. The first-order valence-corrected chi connectivity index (χ1v) is 11.0. The van der Waals surface area contributed by atoms with Gasteiger partial charge in [0.15, 0.2) is 5.84 Å². The van der Waals surface area contributed by atoms with Crippen LogP contribution < -0.4 is 16.4 Å². The summed E-state index contributed by atoms with van der Waals surface area (Å²) in [6, 6.07) is 3.59. The zero-order valence-electron chi connectivity index (χ0n) is 18.9. The van der Waals surface area contributed by atoms with Gasteiger partial charge in [0.05, 0.1) is 11.8 Å². The van der Waals surface area contributed by atoms with Crippen molar-refractivity contribution in [3.8, 4) is 0 Å².